The van der Waals surface area contributed by atoms with Gasteiger partial charge in [-0.3, -0.25) is 0 Å². The van der Waals surface area contributed by atoms with E-state index in [1.807, 2.05) is 6.92 Å². The lowest BCUT2D eigenvalue weighted by Crippen LogP contribution is -2.22. The Hall–Kier alpha value is -1.47. The molecular weight excluding hydrogens is 299 g/mol. The maximum atomic E-state index is 13.7. The second kappa shape index (κ2) is 5.73. The second-order valence-electron chi connectivity index (χ2n) is 5.33. The van der Waals surface area contributed by atoms with Crippen LogP contribution >= 0.6 is 0 Å². The van der Waals surface area contributed by atoms with Gasteiger partial charge in [0.25, 0.3) is 0 Å². The highest BCUT2D eigenvalue weighted by molar-refractivity contribution is 7.91. The van der Waals surface area contributed by atoms with E-state index in [0.29, 0.717) is 6.42 Å². The molecule has 1 aliphatic heterocycles. The van der Waals surface area contributed by atoms with Crippen LogP contribution < -0.4 is 0 Å². The Morgan fingerprint density at radius 3 is 2.62 bits per heavy atom. The zero-order chi connectivity index (χ0) is 15.8. The summed E-state index contributed by atoms with van der Waals surface area (Å²) in [5.74, 6) is -2.62. The van der Waals surface area contributed by atoms with Crippen molar-refractivity contribution in [3.63, 3.8) is 0 Å². The minimum atomic E-state index is -3.72. The van der Waals surface area contributed by atoms with Crippen LogP contribution in [0.1, 0.15) is 35.7 Å². The van der Waals surface area contributed by atoms with E-state index in [1.165, 1.54) is 6.92 Å². The van der Waals surface area contributed by atoms with Crippen LogP contribution in [0.25, 0.3) is 0 Å². The lowest BCUT2D eigenvalue weighted by Gasteiger charge is -2.13. The zero-order valence-electron chi connectivity index (χ0n) is 11.8. The molecule has 0 spiro atoms. The molecule has 1 aliphatic rings. The molecule has 0 saturated carbocycles. The van der Waals surface area contributed by atoms with Crippen LogP contribution in [0.2, 0.25) is 0 Å². The van der Waals surface area contributed by atoms with Crippen molar-refractivity contribution >= 4 is 15.8 Å². The predicted octanol–water partition coefficient (Wildman–Crippen LogP) is 2.17. The van der Waals surface area contributed by atoms with Gasteiger partial charge in [0.05, 0.1) is 28.4 Å². The average molecular weight is 316 g/mol. The molecular formula is C14H17FO5S. The number of benzene rings is 1. The van der Waals surface area contributed by atoms with E-state index in [1.54, 1.807) is 0 Å². The third-order valence-electron chi connectivity index (χ3n) is 3.54. The number of carboxylic acids is 1. The number of carboxylic acid groups (broad SMARTS) is 1. The van der Waals surface area contributed by atoms with Crippen LogP contribution in [0.3, 0.4) is 0 Å². The first kappa shape index (κ1) is 15.9. The Morgan fingerprint density at radius 2 is 2.10 bits per heavy atom. The number of aryl methyl sites for hydroxylation is 1. The molecule has 1 aromatic carbocycles. The molecule has 2 atom stereocenters. The van der Waals surface area contributed by atoms with Crippen molar-refractivity contribution in [3.8, 4) is 0 Å². The molecule has 1 fully saturated rings. The van der Waals surface area contributed by atoms with Gasteiger partial charge in [-0.15, -0.1) is 0 Å². The molecule has 0 bridgehead atoms. The van der Waals surface area contributed by atoms with Crippen LogP contribution in [-0.2, 0) is 14.6 Å². The zero-order valence-corrected chi connectivity index (χ0v) is 12.6. The normalized spacial score (nSPS) is 22.4. The van der Waals surface area contributed by atoms with Crippen molar-refractivity contribution in [1.29, 1.82) is 0 Å². The van der Waals surface area contributed by atoms with Gasteiger partial charge in [0.15, 0.2) is 9.84 Å². The van der Waals surface area contributed by atoms with Crippen LogP contribution in [0.15, 0.2) is 17.0 Å². The van der Waals surface area contributed by atoms with Crippen LogP contribution in [0.4, 0.5) is 4.39 Å². The molecule has 7 heteroatoms. The molecule has 1 N–H and O–H groups in total. The average Bonchev–Trinajstić information content (AvgIpc) is 2.76. The summed E-state index contributed by atoms with van der Waals surface area (Å²) in [5, 5.41) is 8.94. The van der Waals surface area contributed by atoms with Crippen LogP contribution in [0, 0.1) is 12.7 Å². The summed E-state index contributed by atoms with van der Waals surface area (Å²) in [5.41, 5.74) is -0.636. The van der Waals surface area contributed by atoms with Crippen molar-refractivity contribution in [2.75, 3.05) is 5.75 Å². The third kappa shape index (κ3) is 3.41. The summed E-state index contributed by atoms with van der Waals surface area (Å²) in [7, 11) is -3.72. The SMILES string of the molecule is Cc1cc(S(=O)(=O)CC2CCC(C)O2)cc(C(=O)O)c1F. The fraction of sp³-hybridized carbons (Fsp3) is 0.500. The highest BCUT2D eigenvalue weighted by Gasteiger charge is 2.29. The topological polar surface area (TPSA) is 80.7 Å². The van der Waals surface area contributed by atoms with E-state index in [9.17, 15) is 17.6 Å². The first-order chi connectivity index (χ1) is 9.70. The number of hydrogen-bond acceptors (Lipinski definition) is 4. The van der Waals surface area contributed by atoms with Crippen molar-refractivity contribution in [3.05, 3.63) is 29.1 Å². The molecule has 116 valence electrons. The van der Waals surface area contributed by atoms with E-state index in [-0.39, 0.29) is 22.3 Å². The van der Waals surface area contributed by atoms with Crippen molar-refractivity contribution < 1.29 is 27.4 Å². The molecule has 0 radical (unpaired) electrons. The van der Waals surface area contributed by atoms with Crippen LogP contribution in [0.5, 0.6) is 0 Å². The van der Waals surface area contributed by atoms with Gasteiger partial charge in [-0.1, -0.05) is 0 Å². The first-order valence-corrected chi connectivity index (χ1v) is 8.27. The summed E-state index contributed by atoms with van der Waals surface area (Å²) < 4.78 is 43.8. The van der Waals surface area contributed by atoms with Gasteiger partial charge < -0.3 is 9.84 Å². The van der Waals surface area contributed by atoms with E-state index >= 15 is 0 Å². The highest BCUT2D eigenvalue weighted by atomic mass is 32.2. The van der Waals surface area contributed by atoms with Gasteiger partial charge in [-0.05, 0) is 44.4 Å². The van der Waals surface area contributed by atoms with Crippen molar-refractivity contribution in [2.24, 2.45) is 0 Å². The molecule has 5 nitrogen and oxygen atoms in total. The number of aromatic carboxylic acids is 1. The molecule has 1 aromatic rings. The number of carbonyl (C=O) groups is 1. The van der Waals surface area contributed by atoms with E-state index in [4.69, 9.17) is 9.84 Å². The molecule has 2 unspecified atom stereocenters. The summed E-state index contributed by atoms with van der Waals surface area (Å²) in [6.07, 6.45) is 1.06. The Kier molecular flexibility index (Phi) is 4.34. The van der Waals surface area contributed by atoms with Gasteiger partial charge in [0.2, 0.25) is 0 Å². The smallest absolute Gasteiger partial charge is 0.338 e. The molecule has 1 saturated heterocycles. The second-order valence-corrected chi connectivity index (χ2v) is 7.37. The first-order valence-electron chi connectivity index (χ1n) is 6.62. The third-order valence-corrected chi connectivity index (χ3v) is 5.31. The Balaban J connectivity index is 2.34. The van der Waals surface area contributed by atoms with Crippen LogP contribution in [-0.4, -0.2) is 37.5 Å². The van der Waals surface area contributed by atoms with Gasteiger partial charge >= 0.3 is 5.97 Å². The number of rotatable bonds is 4. The molecule has 0 aromatic heterocycles. The fourth-order valence-corrected chi connectivity index (χ4v) is 4.00. The number of sulfone groups is 1. The summed E-state index contributed by atoms with van der Waals surface area (Å²) in [6, 6.07) is 2.04. The maximum absolute atomic E-state index is 13.7. The lowest BCUT2D eigenvalue weighted by molar-refractivity contribution is 0.0686. The van der Waals surface area contributed by atoms with E-state index in [2.05, 4.69) is 0 Å². The van der Waals surface area contributed by atoms with Gasteiger partial charge in [0, 0.05) is 0 Å². The largest absolute Gasteiger partial charge is 0.478 e. The minimum absolute atomic E-state index is 0.00539. The summed E-state index contributed by atoms with van der Waals surface area (Å²) in [4.78, 5) is 10.8. The monoisotopic (exact) mass is 316 g/mol. The van der Waals surface area contributed by atoms with Crippen molar-refractivity contribution in [2.45, 2.75) is 43.8 Å². The molecule has 21 heavy (non-hydrogen) atoms. The maximum Gasteiger partial charge on any atom is 0.338 e. The Bertz CT molecular complexity index is 668. The summed E-state index contributed by atoms with van der Waals surface area (Å²) in [6.45, 7) is 3.21. The standard InChI is InChI=1S/C14H17FO5S/c1-8-5-11(6-12(13(8)15)14(16)17)21(18,19)7-10-4-3-9(2)20-10/h5-6,9-10H,3-4,7H2,1-2H3,(H,16,17). The Morgan fingerprint density at radius 1 is 1.43 bits per heavy atom. The number of ether oxygens (including phenoxy) is 1. The fourth-order valence-electron chi connectivity index (χ4n) is 2.42. The highest BCUT2D eigenvalue weighted by Crippen LogP contribution is 2.25. The van der Waals surface area contributed by atoms with Gasteiger partial charge in [-0.25, -0.2) is 17.6 Å². The lowest BCUT2D eigenvalue weighted by atomic mass is 10.1. The van der Waals surface area contributed by atoms with Gasteiger partial charge in [-0.2, -0.15) is 0 Å². The number of halogens is 1. The van der Waals surface area contributed by atoms with Gasteiger partial charge in [0.1, 0.15) is 5.82 Å². The predicted molar refractivity (Wildman–Crippen MR) is 73.7 cm³/mol. The molecule has 0 amide bonds. The molecule has 0 aliphatic carbocycles. The van der Waals surface area contributed by atoms with Crippen molar-refractivity contribution in [1.82, 2.24) is 0 Å². The van der Waals surface area contributed by atoms with E-state index in [0.717, 1.165) is 18.6 Å². The number of hydrogen-bond donors (Lipinski definition) is 1. The molecule has 1 heterocycles. The Labute approximate surface area is 122 Å². The quantitative estimate of drug-likeness (QED) is 0.861. The summed E-state index contributed by atoms with van der Waals surface area (Å²) >= 11 is 0. The van der Waals surface area contributed by atoms with E-state index < -0.39 is 33.3 Å². The molecule has 2 rings (SSSR count). The minimum Gasteiger partial charge on any atom is -0.478 e.